The van der Waals surface area contributed by atoms with Crippen LogP contribution < -0.4 is 10.5 Å². The molecule has 3 N–H and O–H groups in total. The lowest BCUT2D eigenvalue weighted by molar-refractivity contribution is -0.383. The van der Waals surface area contributed by atoms with E-state index in [0.717, 1.165) is 0 Å². The lowest BCUT2D eigenvalue weighted by Crippen LogP contribution is -2.06. The standard InChI is InChI=1S/C10H14N2O6S/c11-9-7-8(3-4-10(9)12(13)14)18-5-1-2-6-19(15,16)17/h3-4,7H,1-2,5-6,11H2,(H,15,16,17). The number of benzene rings is 1. The number of nitrogen functional groups attached to an aromatic ring is 1. The highest BCUT2D eigenvalue weighted by atomic mass is 32.2. The Kier molecular flexibility index (Phi) is 5.07. The number of hydrogen-bond donors (Lipinski definition) is 2. The molecule has 0 heterocycles. The molecular weight excluding hydrogens is 276 g/mol. The molecule has 19 heavy (non-hydrogen) atoms. The zero-order valence-electron chi connectivity index (χ0n) is 9.98. The van der Waals surface area contributed by atoms with Crippen LogP contribution in [-0.4, -0.2) is 30.3 Å². The van der Waals surface area contributed by atoms with Gasteiger partial charge in [0.1, 0.15) is 11.4 Å². The molecule has 0 aliphatic rings. The average Bonchev–Trinajstić information content (AvgIpc) is 2.26. The molecule has 0 saturated heterocycles. The van der Waals surface area contributed by atoms with Gasteiger partial charge >= 0.3 is 0 Å². The number of anilines is 1. The molecule has 1 aromatic carbocycles. The van der Waals surface area contributed by atoms with Gasteiger partial charge in [-0.3, -0.25) is 14.7 Å². The van der Waals surface area contributed by atoms with Crippen molar-refractivity contribution in [1.82, 2.24) is 0 Å². The van der Waals surface area contributed by atoms with Gasteiger partial charge in [-0.15, -0.1) is 0 Å². The van der Waals surface area contributed by atoms with E-state index in [4.69, 9.17) is 15.0 Å². The van der Waals surface area contributed by atoms with Crippen LogP contribution in [-0.2, 0) is 10.1 Å². The molecule has 0 atom stereocenters. The Labute approximate surface area is 110 Å². The summed E-state index contributed by atoms with van der Waals surface area (Å²) in [6.07, 6.45) is 0.692. The highest BCUT2D eigenvalue weighted by Crippen LogP contribution is 2.25. The van der Waals surface area contributed by atoms with Crippen molar-refractivity contribution in [2.75, 3.05) is 18.1 Å². The number of nitrogens with two attached hydrogens (primary N) is 1. The van der Waals surface area contributed by atoms with Crippen molar-refractivity contribution in [3.05, 3.63) is 28.3 Å². The van der Waals surface area contributed by atoms with Crippen molar-refractivity contribution in [1.29, 1.82) is 0 Å². The smallest absolute Gasteiger partial charge is 0.292 e. The largest absolute Gasteiger partial charge is 0.494 e. The Balaban J connectivity index is 2.42. The molecule has 0 amide bonds. The normalized spacial score (nSPS) is 11.2. The molecule has 1 aromatic rings. The molecular formula is C10H14N2O6S. The molecule has 0 bridgehead atoms. The van der Waals surface area contributed by atoms with Crippen LogP contribution in [0.2, 0.25) is 0 Å². The Hall–Kier alpha value is -1.87. The monoisotopic (exact) mass is 290 g/mol. The van der Waals surface area contributed by atoms with Crippen LogP contribution in [0.4, 0.5) is 11.4 Å². The maximum atomic E-state index is 10.5. The van der Waals surface area contributed by atoms with Gasteiger partial charge in [0.15, 0.2) is 0 Å². The first-order valence-electron chi connectivity index (χ1n) is 5.41. The average molecular weight is 290 g/mol. The summed E-state index contributed by atoms with van der Waals surface area (Å²) in [6.45, 7) is 0.229. The van der Waals surface area contributed by atoms with E-state index in [1.54, 1.807) is 0 Å². The first-order chi connectivity index (χ1) is 8.79. The minimum Gasteiger partial charge on any atom is -0.494 e. The molecule has 0 radical (unpaired) electrons. The molecule has 0 fully saturated rings. The van der Waals surface area contributed by atoms with Crippen molar-refractivity contribution < 1.29 is 22.6 Å². The topological polar surface area (TPSA) is 133 Å². The van der Waals surface area contributed by atoms with Crippen LogP contribution >= 0.6 is 0 Å². The predicted octanol–water partition coefficient (Wildman–Crippen LogP) is 1.22. The molecule has 0 unspecified atom stereocenters. The van der Waals surface area contributed by atoms with Crippen LogP contribution in [0.5, 0.6) is 5.75 Å². The zero-order chi connectivity index (χ0) is 14.5. The second kappa shape index (κ2) is 6.34. The minimum absolute atomic E-state index is 0.000404. The van der Waals surface area contributed by atoms with E-state index in [0.29, 0.717) is 12.2 Å². The van der Waals surface area contributed by atoms with Crippen molar-refractivity contribution in [3.8, 4) is 5.75 Å². The van der Waals surface area contributed by atoms with Crippen LogP contribution in [0.1, 0.15) is 12.8 Å². The lowest BCUT2D eigenvalue weighted by atomic mass is 10.2. The highest BCUT2D eigenvalue weighted by Gasteiger charge is 2.11. The van der Waals surface area contributed by atoms with Gasteiger partial charge < -0.3 is 10.5 Å². The summed E-state index contributed by atoms with van der Waals surface area (Å²) < 4.78 is 34.7. The maximum Gasteiger partial charge on any atom is 0.292 e. The van der Waals surface area contributed by atoms with Gasteiger partial charge in [0.05, 0.1) is 17.3 Å². The minimum atomic E-state index is -3.94. The van der Waals surface area contributed by atoms with E-state index in [1.807, 2.05) is 0 Å². The van der Waals surface area contributed by atoms with Crippen molar-refractivity contribution in [3.63, 3.8) is 0 Å². The number of unbranched alkanes of at least 4 members (excludes halogenated alkanes) is 1. The molecule has 0 aliphatic carbocycles. The number of ether oxygens (including phenoxy) is 1. The van der Waals surface area contributed by atoms with Crippen molar-refractivity contribution in [2.24, 2.45) is 0 Å². The SMILES string of the molecule is Nc1cc(OCCCCS(=O)(=O)O)ccc1[N+](=O)[O-]. The van der Waals surface area contributed by atoms with E-state index < -0.39 is 15.0 Å². The molecule has 1 rings (SSSR count). The van der Waals surface area contributed by atoms with E-state index >= 15 is 0 Å². The molecule has 106 valence electrons. The quantitative estimate of drug-likeness (QED) is 0.253. The van der Waals surface area contributed by atoms with Gasteiger partial charge in [0, 0.05) is 12.1 Å². The summed E-state index contributed by atoms with van der Waals surface area (Å²) in [7, 11) is -3.94. The third kappa shape index (κ3) is 5.53. The maximum absolute atomic E-state index is 10.5. The zero-order valence-corrected chi connectivity index (χ0v) is 10.8. The van der Waals surface area contributed by atoms with Gasteiger partial charge in [-0.1, -0.05) is 0 Å². The van der Waals surface area contributed by atoms with Gasteiger partial charge in [0.2, 0.25) is 0 Å². The van der Waals surface area contributed by atoms with Gasteiger partial charge in [-0.25, -0.2) is 0 Å². The predicted molar refractivity (Wildman–Crippen MR) is 68.7 cm³/mol. The first kappa shape index (κ1) is 15.2. The summed E-state index contributed by atoms with van der Waals surface area (Å²) >= 11 is 0. The van der Waals surface area contributed by atoms with Gasteiger partial charge in [-0.2, -0.15) is 8.42 Å². The number of nitro benzene ring substituents is 1. The second-order valence-corrected chi connectivity index (χ2v) is 5.39. The molecule has 0 aliphatic heterocycles. The first-order valence-corrected chi connectivity index (χ1v) is 7.02. The number of hydrogen-bond acceptors (Lipinski definition) is 6. The summed E-state index contributed by atoms with van der Waals surface area (Å²) in [4.78, 5) is 9.94. The summed E-state index contributed by atoms with van der Waals surface area (Å²) in [5, 5.41) is 10.5. The fourth-order valence-electron chi connectivity index (χ4n) is 1.37. The van der Waals surface area contributed by atoms with E-state index in [9.17, 15) is 18.5 Å². The van der Waals surface area contributed by atoms with Crippen molar-refractivity contribution in [2.45, 2.75) is 12.8 Å². The number of nitro groups is 1. The van der Waals surface area contributed by atoms with Crippen LogP contribution in [0.25, 0.3) is 0 Å². The molecule has 0 aromatic heterocycles. The summed E-state index contributed by atoms with van der Waals surface area (Å²) in [6, 6.07) is 3.99. The third-order valence-electron chi connectivity index (χ3n) is 2.26. The fourth-order valence-corrected chi connectivity index (χ4v) is 1.93. The second-order valence-electron chi connectivity index (χ2n) is 3.82. The molecule has 9 heteroatoms. The van der Waals surface area contributed by atoms with E-state index in [-0.39, 0.29) is 30.2 Å². The Morgan fingerprint density at radius 1 is 1.37 bits per heavy atom. The molecule has 8 nitrogen and oxygen atoms in total. The Morgan fingerprint density at radius 2 is 2.05 bits per heavy atom. The third-order valence-corrected chi connectivity index (χ3v) is 3.07. The van der Waals surface area contributed by atoms with Crippen LogP contribution in [0.3, 0.4) is 0 Å². The van der Waals surface area contributed by atoms with Crippen LogP contribution in [0.15, 0.2) is 18.2 Å². The lowest BCUT2D eigenvalue weighted by Gasteiger charge is -2.06. The summed E-state index contributed by atoms with van der Waals surface area (Å²) in [5.41, 5.74) is 5.28. The van der Waals surface area contributed by atoms with Crippen molar-refractivity contribution >= 4 is 21.5 Å². The summed E-state index contributed by atoms with van der Waals surface area (Å²) in [5.74, 6) is 0.0497. The van der Waals surface area contributed by atoms with Gasteiger partial charge in [0.25, 0.3) is 15.8 Å². The Bertz CT molecular complexity index is 557. The Morgan fingerprint density at radius 3 is 2.58 bits per heavy atom. The molecule has 0 saturated carbocycles. The number of nitrogens with zero attached hydrogens (tertiary/aromatic N) is 1. The van der Waals surface area contributed by atoms with E-state index in [1.165, 1.54) is 18.2 Å². The fraction of sp³-hybridized carbons (Fsp3) is 0.400. The highest BCUT2D eigenvalue weighted by molar-refractivity contribution is 7.85. The number of rotatable bonds is 7. The van der Waals surface area contributed by atoms with E-state index in [2.05, 4.69) is 0 Å². The molecule has 0 spiro atoms. The van der Waals surface area contributed by atoms with Crippen LogP contribution in [0, 0.1) is 10.1 Å². The van der Waals surface area contributed by atoms with Gasteiger partial charge in [-0.05, 0) is 18.9 Å².